The fourth-order valence-electron chi connectivity index (χ4n) is 1.70. The number of ether oxygens (including phenoxy) is 1. The maximum Gasteiger partial charge on any atom is 0.145 e. The highest BCUT2D eigenvalue weighted by molar-refractivity contribution is 9.10. The van der Waals surface area contributed by atoms with Gasteiger partial charge < -0.3 is 10.5 Å². The van der Waals surface area contributed by atoms with E-state index in [0.29, 0.717) is 15.8 Å². The molecule has 2 N–H and O–H groups in total. The van der Waals surface area contributed by atoms with Crippen LogP contribution in [0.2, 0.25) is 5.02 Å². The van der Waals surface area contributed by atoms with E-state index in [1.54, 1.807) is 6.07 Å². The predicted molar refractivity (Wildman–Crippen MR) is 77.7 cm³/mol. The molecule has 0 aliphatic carbocycles. The normalized spacial score (nSPS) is 10.7. The van der Waals surface area contributed by atoms with Crippen molar-refractivity contribution in [2.45, 2.75) is 13.2 Å². The predicted octanol–water partition coefficient (Wildman–Crippen LogP) is 4.42. The first-order valence-electron chi connectivity index (χ1n) is 5.76. The van der Waals surface area contributed by atoms with E-state index in [0.717, 1.165) is 5.56 Å². The Balaban J connectivity index is 2.19. The molecule has 0 atom stereocenters. The third-order valence-electron chi connectivity index (χ3n) is 2.75. The zero-order valence-electron chi connectivity index (χ0n) is 10.3. The van der Waals surface area contributed by atoms with Crippen LogP contribution in [0.1, 0.15) is 11.1 Å². The lowest BCUT2D eigenvalue weighted by Crippen LogP contribution is -2.05. The Labute approximate surface area is 128 Å². The smallest absolute Gasteiger partial charge is 0.145 e. The van der Waals surface area contributed by atoms with Gasteiger partial charge >= 0.3 is 0 Å². The highest BCUT2D eigenvalue weighted by Gasteiger charge is 2.09. The van der Waals surface area contributed by atoms with Gasteiger partial charge in [0, 0.05) is 12.6 Å². The molecule has 0 saturated carbocycles. The van der Waals surface area contributed by atoms with Crippen LogP contribution in [0, 0.1) is 11.6 Å². The molecule has 0 fully saturated rings. The minimum Gasteiger partial charge on any atom is -0.488 e. The number of nitrogens with two attached hydrogens (primary N) is 1. The number of rotatable bonds is 4. The zero-order valence-corrected chi connectivity index (χ0v) is 12.6. The lowest BCUT2D eigenvalue weighted by molar-refractivity contribution is 0.301. The van der Waals surface area contributed by atoms with Crippen molar-refractivity contribution in [2.75, 3.05) is 0 Å². The van der Waals surface area contributed by atoms with Crippen LogP contribution in [0.4, 0.5) is 8.78 Å². The summed E-state index contributed by atoms with van der Waals surface area (Å²) in [7, 11) is 0. The van der Waals surface area contributed by atoms with Crippen LogP contribution in [0.15, 0.2) is 34.8 Å². The lowest BCUT2D eigenvalue weighted by Gasteiger charge is -2.12. The molecule has 2 nitrogen and oxygen atoms in total. The van der Waals surface area contributed by atoms with Crippen molar-refractivity contribution in [1.82, 2.24) is 0 Å². The SMILES string of the molecule is NCc1cc(F)ccc1COc1cc(F)c(Cl)cc1Br. The van der Waals surface area contributed by atoms with Gasteiger partial charge in [0.05, 0.1) is 9.50 Å². The molecule has 0 amide bonds. The second-order valence-corrected chi connectivity index (χ2v) is 5.36. The van der Waals surface area contributed by atoms with Crippen LogP contribution in [0.25, 0.3) is 0 Å². The molecule has 0 heterocycles. The molecule has 0 aliphatic heterocycles. The van der Waals surface area contributed by atoms with E-state index < -0.39 is 5.82 Å². The summed E-state index contributed by atoms with van der Waals surface area (Å²) in [5, 5.41) is 0.00801. The highest BCUT2D eigenvalue weighted by Crippen LogP contribution is 2.31. The van der Waals surface area contributed by atoms with E-state index in [9.17, 15) is 8.78 Å². The van der Waals surface area contributed by atoms with Crippen LogP contribution in [-0.4, -0.2) is 0 Å². The molecule has 6 heteroatoms. The number of hydrogen-bond acceptors (Lipinski definition) is 2. The van der Waals surface area contributed by atoms with Gasteiger partial charge in [-0.05, 0) is 45.3 Å². The van der Waals surface area contributed by atoms with Crippen LogP contribution < -0.4 is 10.5 Å². The molecule has 20 heavy (non-hydrogen) atoms. The maximum absolute atomic E-state index is 13.4. The molecule has 0 aromatic heterocycles. The van der Waals surface area contributed by atoms with Crippen molar-refractivity contribution < 1.29 is 13.5 Å². The molecule has 2 rings (SSSR count). The quantitative estimate of drug-likeness (QED) is 0.817. The second-order valence-electron chi connectivity index (χ2n) is 4.10. The minimum absolute atomic E-state index is 0.00801. The summed E-state index contributed by atoms with van der Waals surface area (Å²) in [5.41, 5.74) is 6.95. The highest BCUT2D eigenvalue weighted by atomic mass is 79.9. The second kappa shape index (κ2) is 6.52. The lowest BCUT2D eigenvalue weighted by atomic mass is 10.1. The van der Waals surface area contributed by atoms with Crippen molar-refractivity contribution in [3.05, 3.63) is 62.6 Å². The van der Waals surface area contributed by atoms with Gasteiger partial charge in [-0.25, -0.2) is 8.78 Å². The van der Waals surface area contributed by atoms with Gasteiger partial charge in [-0.3, -0.25) is 0 Å². The first-order valence-corrected chi connectivity index (χ1v) is 6.93. The molecule has 2 aromatic rings. The van der Waals surface area contributed by atoms with Crippen molar-refractivity contribution in [3.63, 3.8) is 0 Å². The Kier molecular flexibility index (Phi) is 4.96. The Morgan fingerprint density at radius 1 is 1.15 bits per heavy atom. The first-order chi connectivity index (χ1) is 9.51. The first kappa shape index (κ1) is 15.2. The Morgan fingerprint density at radius 2 is 1.90 bits per heavy atom. The van der Waals surface area contributed by atoms with E-state index in [1.807, 2.05) is 0 Å². The van der Waals surface area contributed by atoms with Crippen molar-refractivity contribution in [3.8, 4) is 5.75 Å². The van der Waals surface area contributed by atoms with E-state index in [4.69, 9.17) is 22.1 Å². The Hall–Kier alpha value is -1.17. The topological polar surface area (TPSA) is 35.2 Å². The Morgan fingerprint density at radius 3 is 2.60 bits per heavy atom. The van der Waals surface area contributed by atoms with Gasteiger partial charge in [0.1, 0.15) is 24.0 Å². The van der Waals surface area contributed by atoms with E-state index in [-0.39, 0.29) is 24.0 Å². The fraction of sp³-hybridized carbons (Fsp3) is 0.143. The average molecular weight is 363 g/mol. The van der Waals surface area contributed by atoms with Gasteiger partial charge in [0.15, 0.2) is 0 Å². The van der Waals surface area contributed by atoms with Crippen LogP contribution in [0.5, 0.6) is 5.75 Å². The third-order valence-corrected chi connectivity index (χ3v) is 3.66. The summed E-state index contributed by atoms with van der Waals surface area (Å²) in [6.07, 6.45) is 0. The molecule has 0 saturated heterocycles. The zero-order chi connectivity index (χ0) is 14.7. The fourth-order valence-corrected chi connectivity index (χ4v) is 2.45. The number of hydrogen-bond donors (Lipinski definition) is 1. The monoisotopic (exact) mass is 361 g/mol. The van der Waals surface area contributed by atoms with Gasteiger partial charge in [-0.1, -0.05) is 17.7 Å². The largest absolute Gasteiger partial charge is 0.488 e. The molecule has 0 unspecified atom stereocenters. The summed E-state index contributed by atoms with van der Waals surface area (Å²) in [5.74, 6) is -0.602. The standard InChI is InChI=1S/C14H11BrClF2NO/c15-11-4-12(16)13(18)5-14(11)20-7-8-1-2-10(17)3-9(8)6-19/h1-5H,6-7,19H2. The molecule has 106 valence electrons. The van der Waals surface area contributed by atoms with Gasteiger partial charge in [0.25, 0.3) is 0 Å². The van der Waals surface area contributed by atoms with Crippen LogP contribution in [-0.2, 0) is 13.2 Å². The summed E-state index contributed by atoms with van der Waals surface area (Å²) in [6, 6.07) is 6.89. The van der Waals surface area contributed by atoms with E-state index in [2.05, 4.69) is 15.9 Å². The summed E-state index contributed by atoms with van der Waals surface area (Å²) in [4.78, 5) is 0. The summed E-state index contributed by atoms with van der Waals surface area (Å²) < 4.78 is 32.5. The molecular formula is C14H11BrClF2NO. The van der Waals surface area contributed by atoms with E-state index in [1.165, 1.54) is 24.3 Å². The third kappa shape index (κ3) is 3.48. The summed E-state index contributed by atoms with van der Waals surface area (Å²) in [6.45, 7) is 0.360. The number of benzene rings is 2. The summed E-state index contributed by atoms with van der Waals surface area (Å²) >= 11 is 8.89. The Bertz CT molecular complexity index is 637. The van der Waals surface area contributed by atoms with Crippen LogP contribution in [0.3, 0.4) is 0 Å². The van der Waals surface area contributed by atoms with Gasteiger partial charge in [-0.2, -0.15) is 0 Å². The van der Waals surface area contributed by atoms with Crippen molar-refractivity contribution in [2.24, 2.45) is 5.73 Å². The van der Waals surface area contributed by atoms with Crippen LogP contribution >= 0.6 is 27.5 Å². The molecule has 0 aliphatic rings. The maximum atomic E-state index is 13.4. The van der Waals surface area contributed by atoms with Gasteiger partial charge in [0.2, 0.25) is 0 Å². The molecule has 0 spiro atoms. The van der Waals surface area contributed by atoms with E-state index >= 15 is 0 Å². The molecule has 2 aromatic carbocycles. The number of halogens is 4. The molecule has 0 bridgehead atoms. The minimum atomic E-state index is -0.567. The van der Waals surface area contributed by atoms with Crippen molar-refractivity contribution in [1.29, 1.82) is 0 Å². The molecule has 0 radical (unpaired) electrons. The van der Waals surface area contributed by atoms with Gasteiger partial charge in [-0.15, -0.1) is 0 Å². The molecular weight excluding hydrogens is 352 g/mol. The van der Waals surface area contributed by atoms with Crippen molar-refractivity contribution >= 4 is 27.5 Å². The average Bonchev–Trinajstić information content (AvgIpc) is 2.42.